The molecule has 9 heteroatoms. The molecule has 2 heterocycles. The van der Waals surface area contributed by atoms with Gasteiger partial charge in [-0.1, -0.05) is 23.4 Å². The van der Waals surface area contributed by atoms with E-state index in [4.69, 9.17) is 0 Å². The SMILES string of the molecule is Cc1nn(C)c(NC(C)c2cn(-c3ccccc3)nn2)c1[N+](=O)[O-]. The van der Waals surface area contributed by atoms with Gasteiger partial charge in [-0.3, -0.25) is 10.1 Å². The highest BCUT2D eigenvalue weighted by Gasteiger charge is 2.26. The first kappa shape index (κ1) is 15.7. The van der Waals surface area contributed by atoms with Gasteiger partial charge in [0, 0.05) is 7.05 Å². The molecule has 1 aromatic carbocycles. The Balaban J connectivity index is 1.85. The van der Waals surface area contributed by atoms with Crippen molar-refractivity contribution in [3.05, 3.63) is 58.0 Å². The van der Waals surface area contributed by atoms with E-state index in [1.807, 2.05) is 37.3 Å². The summed E-state index contributed by atoms with van der Waals surface area (Å²) in [6, 6.07) is 9.34. The van der Waals surface area contributed by atoms with E-state index in [-0.39, 0.29) is 11.7 Å². The van der Waals surface area contributed by atoms with Gasteiger partial charge >= 0.3 is 5.69 Å². The second-order valence-electron chi connectivity index (χ2n) is 5.45. The summed E-state index contributed by atoms with van der Waals surface area (Å²) in [5.41, 5.74) is 1.91. The zero-order valence-corrected chi connectivity index (χ0v) is 13.5. The molecule has 24 heavy (non-hydrogen) atoms. The lowest BCUT2D eigenvalue weighted by molar-refractivity contribution is -0.384. The smallest absolute Gasteiger partial charge is 0.333 e. The lowest BCUT2D eigenvalue weighted by atomic mass is 10.2. The second kappa shape index (κ2) is 6.11. The molecule has 124 valence electrons. The number of aromatic nitrogens is 5. The van der Waals surface area contributed by atoms with Gasteiger partial charge < -0.3 is 5.32 Å². The number of para-hydroxylation sites is 1. The van der Waals surface area contributed by atoms with E-state index in [0.29, 0.717) is 17.2 Å². The molecule has 0 saturated carbocycles. The number of anilines is 1. The standard InChI is InChI=1S/C15H17N7O2/c1-10(16-15-14(22(23)24)11(2)18-20(15)3)13-9-21(19-17-13)12-7-5-4-6-8-12/h4-10,16H,1-3H3. The molecule has 1 N–H and O–H groups in total. The predicted molar refractivity (Wildman–Crippen MR) is 88.0 cm³/mol. The van der Waals surface area contributed by atoms with Gasteiger partial charge in [-0.15, -0.1) is 5.10 Å². The molecule has 0 bridgehead atoms. The number of nitro groups is 1. The van der Waals surface area contributed by atoms with Gasteiger partial charge in [-0.2, -0.15) is 5.10 Å². The highest BCUT2D eigenvalue weighted by atomic mass is 16.6. The summed E-state index contributed by atoms with van der Waals surface area (Å²) in [6.45, 7) is 3.48. The van der Waals surface area contributed by atoms with Gasteiger partial charge in [0.2, 0.25) is 5.82 Å². The van der Waals surface area contributed by atoms with Crippen molar-refractivity contribution in [1.29, 1.82) is 0 Å². The van der Waals surface area contributed by atoms with Crippen LogP contribution in [0.15, 0.2) is 36.5 Å². The fourth-order valence-corrected chi connectivity index (χ4v) is 2.49. The average Bonchev–Trinajstić information content (AvgIpc) is 3.14. The largest absolute Gasteiger partial charge is 0.356 e. The molecular formula is C15H17N7O2. The molecule has 0 amide bonds. The third kappa shape index (κ3) is 2.83. The van der Waals surface area contributed by atoms with E-state index in [0.717, 1.165) is 5.69 Å². The van der Waals surface area contributed by atoms with Crippen molar-refractivity contribution in [2.24, 2.45) is 7.05 Å². The van der Waals surface area contributed by atoms with Crippen molar-refractivity contribution in [3.8, 4) is 5.69 Å². The third-order valence-electron chi connectivity index (χ3n) is 3.70. The van der Waals surface area contributed by atoms with E-state index < -0.39 is 4.92 Å². The fraction of sp³-hybridized carbons (Fsp3) is 0.267. The molecular weight excluding hydrogens is 310 g/mol. The van der Waals surface area contributed by atoms with Gasteiger partial charge in [0.15, 0.2) is 0 Å². The Hall–Kier alpha value is -3.23. The van der Waals surface area contributed by atoms with Crippen molar-refractivity contribution in [2.75, 3.05) is 5.32 Å². The van der Waals surface area contributed by atoms with Crippen LogP contribution in [-0.4, -0.2) is 29.7 Å². The maximum Gasteiger partial charge on any atom is 0.333 e. The Morgan fingerprint density at radius 2 is 2.00 bits per heavy atom. The first-order valence-electron chi connectivity index (χ1n) is 7.39. The number of hydrogen-bond donors (Lipinski definition) is 1. The summed E-state index contributed by atoms with van der Waals surface area (Å²) < 4.78 is 3.13. The van der Waals surface area contributed by atoms with Gasteiger partial charge in [-0.25, -0.2) is 9.36 Å². The lowest BCUT2D eigenvalue weighted by Crippen LogP contribution is -2.11. The summed E-state index contributed by atoms with van der Waals surface area (Å²) in [6.07, 6.45) is 1.79. The maximum absolute atomic E-state index is 11.2. The fourth-order valence-electron chi connectivity index (χ4n) is 2.49. The minimum atomic E-state index is -0.432. The highest BCUT2D eigenvalue weighted by Crippen LogP contribution is 2.30. The average molecular weight is 327 g/mol. The summed E-state index contributed by atoms with van der Waals surface area (Å²) in [7, 11) is 1.66. The first-order valence-corrected chi connectivity index (χ1v) is 7.39. The summed E-state index contributed by atoms with van der Waals surface area (Å²) in [5, 5.41) is 26.7. The molecule has 0 aliphatic carbocycles. The highest BCUT2D eigenvalue weighted by molar-refractivity contribution is 5.60. The van der Waals surface area contributed by atoms with Gasteiger partial charge in [0.1, 0.15) is 11.4 Å². The molecule has 0 saturated heterocycles. The Morgan fingerprint density at radius 1 is 1.29 bits per heavy atom. The zero-order chi connectivity index (χ0) is 17.3. The number of rotatable bonds is 5. The van der Waals surface area contributed by atoms with Crippen LogP contribution in [0.3, 0.4) is 0 Å². The Kier molecular flexibility index (Phi) is 3.98. The molecule has 0 aliphatic rings. The van der Waals surface area contributed by atoms with Crippen LogP contribution in [0.2, 0.25) is 0 Å². The quantitative estimate of drug-likeness (QED) is 0.570. The minimum Gasteiger partial charge on any atom is -0.356 e. The van der Waals surface area contributed by atoms with E-state index in [1.165, 1.54) is 4.68 Å². The molecule has 3 aromatic rings. The number of nitrogens with one attached hydrogen (secondary N) is 1. The molecule has 2 aromatic heterocycles. The van der Waals surface area contributed by atoms with Crippen LogP contribution in [0.4, 0.5) is 11.5 Å². The monoisotopic (exact) mass is 327 g/mol. The van der Waals surface area contributed by atoms with E-state index in [2.05, 4.69) is 20.7 Å². The molecule has 3 rings (SSSR count). The van der Waals surface area contributed by atoms with Gasteiger partial charge in [-0.05, 0) is 26.0 Å². The summed E-state index contributed by atoms with van der Waals surface area (Å²) in [5.74, 6) is 0.347. The van der Waals surface area contributed by atoms with Crippen molar-refractivity contribution < 1.29 is 4.92 Å². The van der Waals surface area contributed by atoms with Gasteiger partial charge in [0.25, 0.3) is 0 Å². The summed E-state index contributed by atoms with van der Waals surface area (Å²) in [4.78, 5) is 10.8. The maximum atomic E-state index is 11.2. The topological polar surface area (TPSA) is 104 Å². The van der Waals surface area contributed by atoms with Crippen molar-refractivity contribution in [3.63, 3.8) is 0 Å². The van der Waals surface area contributed by atoms with E-state index in [9.17, 15) is 10.1 Å². The number of nitrogens with zero attached hydrogens (tertiary/aromatic N) is 6. The Labute approximate surface area is 138 Å². The van der Waals surface area contributed by atoms with Crippen LogP contribution in [0.1, 0.15) is 24.4 Å². The Morgan fingerprint density at radius 3 is 2.67 bits per heavy atom. The molecule has 1 atom stereocenters. The lowest BCUT2D eigenvalue weighted by Gasteiger charge is -2.11. The molecule has 0 radical (unpaired) electrons. The molecule has 0 spiro atoms. The van der Waals surface area contributed by atoms with Crippen LogP contribution >= 0.6 is 0 Å². The third-order valence-corrected chi connectivity index (χ3v) is 3.70. The first-order chi connectivity index (χ1) is 11.5. The van der Waals surface area contributed by atoms with Crippen LogP contribution in [0.25, 0.3) is 5.69 Å². The number of hydrogen-bond acceptors (Lipinski definition) is 6. The van der Waals surface area contributed by atoms with Crippen LogP contribution in [0, 0.1) is 17.0 Å². The van der Waals surface area contributed by atoms with E-state index in [1.54, 1.807) is 24.9 Å². The molecule has 0 aliphatic heterocycles. The molecule has 9 nitrogen and oxygen atoms in total. The van der Waals surface area contributed by atoms with Gasteiger partial charge in [0.05, 0.1) is 22.8 Å². The zero-order valence-electron chi connectivity index (χ0n) is 13.5. The normalized spacial score (nSPS) is 12.1. The van der Waals surface area contributed by atoms with Crippen LogP contribution in [-0.2, 0) is 7.05 Å². The minimum absolute atomic E-state index is 0.0280. The molecule has 1 unspecified atom stereocenters. The molecule has 0 fully saturated rings. The van der Waals surface area contributed by atoms with Crippen molar-refractivity contribution in [1.82, 2.24) is 24.8 Å². The second-order valence-corrected chi connectivity index (χ2v) is 5.45. The van der Waals surface area contributed by atoms with Crippen molar-refractivity contribution in [2.45, 2.75) is 19.9 Å². The predicted octanol–water partition coefficient (Wildman–Crippen LogP) is 2.39. The Bertz CT molecular complexity index is 869. The summed E-state index contributed by atoms with van der Waals surface area (Å²) >= 11 is 0. The number of benzene rings is 1. The number of aryl methyl sites for hydroxylation is 2. The van der Waals surface area contributed by atoms with Crippen LogP contribution in [0.5, 0.6) is 0 Å². The van der Waals surface area contributed by atoms with E-state index >= 15 is 0 Å². The van der Waals surface area contributed by atoms with Crippen LogP contribution < -0.4 is 5.32 Å². The van der Waals surface area contributed by atoms with Crippen molar-refractivity contribution >= 4 is 11.5 Å².